The molecule has 244 valence electrons. The maximum Gasteiger partial charge on any atom is 0.243 e. The first-order chi connectivity index (χ1) is 21.7. The number of hydrogen-bond acceptors (Lipinski definition) is 10. The lowest BCUT2D eigenvalue weighted by atomic mass is 9.82. The van der Waals surface area contributed by atoms with Crippen LogP contribution in [0.15, 0.2) is 30.5 Å². The monoisotopic (exact) mass is 629 g/mol. The second-order valence-electron chi connectivity index (χ2n) is 12.5. The Morgan fingerprint density at radius 2 is 1.71 bits per heavy atom. The molecule has 15 heteroatoms. The van der Waals surface area contributed by atoms with E-state index in [2.05, 4.69) is 31.2 Å². The Hall–Kier alpha value is -3.50. The van der Waals surface area contributed by atoms with Crippen LogP contribution in [0.2, 0.25) is 0 Å². The van der Waals surface area contributed by atoms with E-state index in [1.807, 2.05) is 0 Å². The molecule has 14 nitrogen and oxygen atoms in total. The highest BCUT2D eigenvalue weighted by Gasteiger charge is 2.46. The van der Waals surface area contributed by atoms with Crippen molar-refractivity contribution in [2.24, 2.45) is 0 Å². The number of aromatic nitrogens is 3. The van der Waals surface area contributed by atoms with Crippen LogP contribution in [0.5, 0.6) is 0 Å². The normalized spacial score (nSPS) is 30.4. The highest BCUT2D eigenvalue weighted by atomic mass is 19.1. The molecule has 0 radical (unpaired) electrons. The molecule has 4 aliphatic heterocycles. The smallest absolute Gasteiger partial charge is 0.243 e. The minimum absolute atomic E-state index is 0.00498. The van der Waals surface area contributed by atoms with Gasteiger partial charge in [0, 0.05) is 51.7 Å². The number of piperidine rings is 1. The number of likely N-dealkylation sites (tertiary alicyclic amines) is 1. The Morgan fingerprint density at radius 3 is 2.44 bits per heavy atom. The number of benzene rings is 1. The summed E-state index contributed by atoms with van der Waals surface area (Å²) >= 11 is 0. The van der Waals surface area contributed by atoms with Crippen molar-refractivity contribution in [3.05, 3.63) is 42.0 Å². The van der Waals surface area contributed by atoms with Crippen molar-refractivity contribution in [2.75, 3.05) is 32.8 Å². The van der Waals surface area contributed by atoms with Crippen LogP contribution < -0.4 is 16.0 Å². The van der Waals surface area contributed by atoms with Crippen LogP contribution in [0.25, 0.3) is 5.69 Å². The minimum atomic E-state index is -1.31. The summed E-state index contributed by atoms with van der Waals surface area (Å²) in [6.07, 6.45) is -0.283. The van der Waals surface area contributed by atoms with E-state index < -0.39 is 53.6 Å². The summed E-state index contributed by atoms with van der Waals surface area (Å²) in [7, 11) is 0. The van der Waals surface area contributed by atoms with E-state index in [4.69, 9.17) is 9.47 Å². The van der Waals surface area contributed by atoms with Gasteiger partial charge < -0.3 is 40.5 Å². The minimum Gasteiger partial charge on any atom is -0.388 e. The van der Waals surface area contributed by atoms with Crippen LogP contribution in [0, 0.1) is 5.82 Å². The number of carbonyl (C=O) groups excluding carboxylic acids is 3. The molecule has 2 bridgehead atoms. The van der Waals surface area contributed by atoms with Gasteiger partial charge in [-0.1, -0.05) is 5.21 Å². The first-order valence-corrected chi connectivity index (χ1v) is 15.6. The van der Waals surface area contributed by atoms with Gasteiger partial charge in [0.15, 0.2) is 0 Å². The summed E-state index contributed by atoms with van der Waals surface area (Å²) in [6, 6.07) is 5.00. The maximum atomic E-state index is 13.6. The Balaban J connectivity index is 1.21. The zero-order chi connectivity index (χ0) is 31.6. The number of fused-ring (bicyclic) bond motifs is 2. The number of halogens is 1. The molecular weight excluding hydrogens is 589 g/mol. The molecule has 4 saturated heterocycles. The quantitative estimate of drug-likeness (QED) is 0.281. The van der Waals surface area contributed by atoms with Crippen LogP contribution >= 0.6 is 0 Å². The van der Waals surface area contributed by atoms with Crippen LogP contribution in [-0.2, 0) is 30.3 Å². The molecule has 1 spiro atoms. The van der Waals surface area contributed by atoms with Gasteiger partial charge in [0.1, 0.15) is 30.2 Å². The van der Waals surface area contributed by atoms with Crippen LogP contribution in [-0.4, -0.2) is 123 Å². The summed E-state index contributed by atoms with van der Waals surface area (Å²) in [5, 5.41) is 38.1. The van der Waals surface area contributed by atoms with Gasteiger partial charge in [-0.25, -0.2) is 9.07 Å². The second-order valence-corrected chi connectivity index (χ2v) is 12.5. The molecule has 1 aromatic carbocycles. The van der Waals surface area contributed by atoms with Crippen molar-refractivity contribution in [2.45, 2.75) is 87.0 Å². The molecule has 1 aromatic heterocycles. The van der Waals surface area contributed by atoms with Crippen LogP contribution in [0.3, 0.4) is 0 Å². The van der Waals surface area contributed by atoms with Crippen molar-refractivity contribution in [3.63, 3.8) is 0 Å². The lowest BCUT2D eigenvalue weighted by Crippen LogP contribution is -2.60. The largest absolute Gasteiger partial charge is 0.388 e. The number of rotatable bonds is 4. The standard InChI is InChI=1S/C30H40FN7O7/c31-18-1-3-21(4-2-18)38-17-19(35-36-38)13-22-29(43)32-16-24-28(42)27(41)23(45-24)14-25(39)34-30(15-26(40)33-22)7-9-37(10-8-30)20-5-11-44-12-6-20/h1-4,17,20,22-24,27-28,41-42H,5-16H2,(H,32,43)(H,33,40)(H,34,39)/t22-,23+,24-,27?,28?/m1/s1. The lowest BCUT2D eigenvalue weighted by molar-refractivity contribution is -0.133. The average molecular weight is 630 g/mol. The van der Waals surface area contributed by atoms with Gasteiger partial charge in [-0.2, -0.15) is 0 Å². The molecule has 5 N–H and O–H groups in total. The summed E-state index contributed by atoms with van der Waals surface area (Å²) in [6.45, 7) is 2.64. The number of hydrogen-bond donors (Lipinski definition) is 5. The van der Waals surface area contributed by atoms with Gasteiger partial charge in [-0.3, -0.25) is 14.4 Å². The van der Waals surface area contributed by atoms with Crippen molar-refractivity contribution >= 4 is 17.7 Å². The number of nitrogens with zero attached hydrogens (tertiary/aromatic N) is 4. The summed E-state index contributed by atoms with van der Waals surface area (Å²) < 4.78 is 26.2. The zero-order valence-electron chi connectivity index (χ0n) is 24.9. The predicted molar refractivity (Wildman–Crippen MR) is 155 cm³/mol. The van der Waals surface area contributed by atoms with Gasteiger partial charge >= 0.3 is 0 Å². The van der Waals surface area contributed by atoms with Crippen molar-refractivity contribution in [1.29, 1.82) is 0 Å². The Bertz CT molecular complexity index is 1360. The van der Waals surface area contributed by atoms with Crippen molar-refractivity contribution in [3.8, 4) is 5.69 Å². The van der Waals surface area contributed by atoms with Gasteiger partial charge in [0.2, 0.25) is 17.7 Å². The number of carbonyl (C=O) groups is 3. The molecule has 4 fully saturated rings. The lowest BCUT2D eigenvalue weighted by Gasteiger charge is -2.45. The molecule has 3 amide bonds. The third-order valence-electron chi connectivity index (χ3n) is 9.39. The first kappa shape index (κ1) is 31.5. The third kappa shape index (κ3) is 7.33. The third-order valence-corrected chi connectivity index (χ3v) is 9.39. The van der Waals surface area contributed by atoms with E-state index in [9.17, 15) is 29.0 Å². The highest BCUT2D eigenvalue weighted by molar-refractivity contribution is 5.88. The molecule has 2 aromatic rings. The molecule has 0 aliphatic carbocycles. The number of aliphatic hydroxyl groups excluding tert-OH is 2. The van der Waals surface area contributed by atoms with E-state index in [-0.39, 0.29) is 31.7 Å². The Labute approximate surface area is 259 Å². The van der Waals surface area contributed by atoms with Gasteiger partial charge in [0.05, 0.1) is 35.6 Å². The molecule has 5 atom stereocenters. The SMILES string of the molecule is O=C1CC2(CCN(C3CCOCC3)CC2)NC(=O)C[C@@H]2O[C@H](CNC(=O)[C@@H](Cc3cn(-c4ccc(F)cc4)nn3)N1)C(O)C2O. The maximum absolute atomic E-state index is 13.6. The van der Waals surface area contributed by atoms with E-state index in [1.54, 1.807) is 18.3 Å². The van der Waals surface area contributed by atoms with E-state index in [1.165, 1.54) is 16.8 Å². The van der Waals surface area contributed by atoms with Crippen LogP contribution in [0.1, 0.15) is 44.2 Å². The van der Waals surface area contributed by atoms with Crippen LogP contribution in [0.4, 0.5) is 4.39 Å². The predicted octanol–water partition coefficient (Wildman–Crippen LogP) is -1.04. The topological polar surface area (TPSA) is 180 Å². The molecule has 2 unspecified atom stereocenters. The van der Waals surface area contributed by atoms with Crippen molar-refractivity contribution < 1.29 is 38.5 Å². The number of nitrogens with one attached hydrogen (secondary N) is 3. The first-order valence-electron chi connectivity index (χ1n) is 15.6. The molecule has 0 saturated carbocycles. The number of aliphatic hydroxyl groups is 2. The Kier molecular flexibility index (Phi) is 9.42. The second kappa shape index (κ2) is 13.5. The van der Waals surface area contributed by atoms with Gasteiger partial charge in [0.25, 0.3) is 0 Å². The van der Waals surface area contributed by atoms with Gasteiger partial charge in [-0.15, -0.1) is 5.10 Å². The zero-order valence-corrected chi connectivity index (χ0v) is 24.9. The van der Waals surface area contributed by atoms with E-state index in [0.717, 1.165) is 12.8 Å². The summed E-state index contributed by atoms with van der Waals surface area (Å²) in [4.78, 5) is 42.7. The molecule has 5 heterocycles. The Morgan fingerprint density at radius 1 is 1.00 bits per heavy atom. The molecular formula is C30H40FN7O7. The average Bonchev–Trinajstić information content (AvgIpc) is 3.60. The van der Waals surface area contributed by atoms with Gasteiger partial charge in [-0.05, 0) is 49.9 Å². The fourth-order valence-electron chi connectivity index (χ4n) is 6.81. The molecule has 6 rings (SSSR count). The molecule has 4 aliphatic rings. The summed E-state index contributed by atoms with van der Waals surface area (Å²) in [5.41, 5.74) is 0.0996. The number of ether oxygens (including phenoxy) is 2. The van der Waals surface area contributed by atoms with E-state index >= 15 is 0 Å². The molecule has 45 heavy (non-hydrogen) atoms. The summed E-state index contributed by atoms with van der Waals surface area (Å²) in [5.74, 6) is -1.71. The van der Waals surface area contributed by atoms with E-state index in [0.29, 0.717) is 56.6 Å². The van der Waals surface area contributed by atoms with Crippen molar-refractivity contribution in [1.82, 2.24) is 35.8 Å². The fourth-order valence-corrected chi connectivity index (χ4v) is 6.81. The fraction of sp³-hybridized carbons (Fsp3) is 0.633. The highest BCUT2D eigenvalue weighted by Crippen LogP contribution is 2.31. The number of amides is 3.